The summed E-state index contributed by atoms with van der Waals surface area (Å²) in [5.41, 5.74) is 0.975. The number of hydrogen-bond acceptors (Lipinski definition) is 1. The fraction of sp³-hybridized carbons (Fsp3) is 1.00. The van der Waals surface area contributed by atoms with Crippen LogP contribution in [0.2, 0.25) is 5.54 Å². The molecule has 0 saturated carbocycles. The Hall–Kier alpha value is 0.467. The highest BCUT2D eigenvalue weighted by molar-refractivity contribution is 6.26. The number of halogens is 1. The highest BCUT2D eigenvalue weighted by atomic mass is 35.5. The second-order valence-corrected chi connectivity index (χ2v) is 4.65. The van der Waals surface area contributed by atoms with Crippen molar-refractivity contribution in [3.8, 4) is 0 Å². The van der Waals surface area contributed by atoms with Gasteiger partial charge < -0.3 is 0 Å². The molecular weight excluding hydrogens is 150 g/mol. The monoisotopic (exact) mass is 165 g/mol. The first-order valence-corrected chi connectivity index (χ1v) is 4.99. The van der Waals surface area contributed by atoms with Crippen molar-refractivity contribution in [3.05, 3.63) is 0 Å². The summed E-state index contributed by atoms with van der Waals surface area (Å²) in [4.78, 5) is 2.07. The molecule has 3 heteroatoms. The van der Waals surface area contributed by atoms with E-state index in [9.17, 15) is 0 Å². The molecule has 0 aromatic heterocycles. The van der Waals surface area contributed by atoms with Crippen molar-refractivity contribution in [3.63, 3.8) is 0 Å². The third kappa shape index (κ3) is 3.23. The van der Waals surface area contributed by atoms with E-state index in [1.54, 1.807) is 0 Å². The maximum Gasteiger partial charge on any atom is 0.0841 e. The van der Waals surface area contributed by atoms with Gasteiger partial charge in [-0.25, -0.2) is 0 Å². The quantitative estimate of drug-likeness (QED) is 0.338. The average Bonchev–Trinajstić information content (AvgIpc) is 1.84. The second kappa shape index (κ2) is 4.31. The zero-order valence-electron chi connectivity index (χ0n) is 6.69. The highest BCUT2D eigenvalue weighted by Crippen LogP contribution is 2.18. The van der Waals surface area contributed by atoms with Crippen molar-refractivity contribution < 1.29 is 0 Å². The van der Waals surface area contributed by atoms with E-state index in [0.29, 0.717) is 0 Å². The Morgan fingerprint density at radius 2 is 2.00 bits per heavy atom. The van der Waals surface area contributed by atoms with E-state index < -0.39 is 0 Å². The molecule has 0 rings (SSSR count). The van der Waals surface area contributed by atoms with Gasteiger partial charge in [0.1, 0.15) is 0 Å². The molecule has 2 atom stereocenters. The van der Waals surface area contributed by atoms with E-state index in [1.807, 2.05) is 14.1 Å². The molecule has 0 saturated heterocycles. The largest absolute Gasteiger partial charge is 0.294 e. The van der Waals surface area contributed by atoms with Gasteiger partial charge in [-0.05, 0) is 19.6 Å². The van der Waals surface area contributed by atoms with Crippen LogP contribution in [0, 0.1) is 0 Å². The lowest BCUT2D eigenvalue weighted by Crippen LogP contribution is -2.26. The lowest BCUT2D eigenvalue weighted by molar-refractivity contribution is 0.359. The first-order chi connectivity index (χ1) is 4.09. The van der Waals surface area contributed by atoms with Crippen LogP contribution in [0.15, 0.2) is 0 Å². The van der Waals surface area contributed by atoms with Gasteiger partial charge in [-0.1, -0.05) is 13.3 Å². The number of rotatable bonds is 3. The van der Waals surface area contributed by atoms with Gasteiger partial charge in [-0.15, -0.1) is 11.6 Å². The van der Waals surface area contributed by atoms with Crippen molar-refractivity contribution in [2.75, 3.05) is 14.1 Å². The van der Waals surface area contributed by atoms with Gasteiger partial charge in [0.15, 0.2) is 0 Å². The van der Waals surface area contributed by atoms with Gasteiger partial charge in [-0.2, -0.15) is 0 Å². The Morgan fingerprint density at radius 1 is 1.56 bits per heavy atom. The third-order valence-corrected chi connectivity index (χ3v) is 4.30. The number of nitrogens with zero attached hydrogens (tertiary/aromatic N) is 1. The van der Waals surface area contributed by atoms with Crippen molar-refractivity contribution in [2.24, 2.45) is 0 Å². The summed E-state index contributed by atoms with van der Waals surface area (Å²) < 4.78 is 0. The lowest BCUT2D eigenvalue weighted by Gasteiger charge is -2.22. The molecule has 56 valence electrons. The first kappa shape index (κ1) is 9.47. The summed E-state index contributed by atoms with van der Waals surface area (Å²) in [6, 6.07) is 0. The van der Waals surface area contributed by atoms with Gasteiger partial charge >= 0.3 is 0 Å². The topological polar surface area (TPSA) is 3.24 Å². The van der Waals surface area contributed by atoms with Crippen molar-refractivity contribution in [1.82, 2.24) is 4.90 Å². The van der Waals surface area contributed by atoms with E-state index in [4.69, 9.17) is 11.6 Å². The molecule has 0 heterocycles. The summed E-state index contributed by atoms with van der Waals surface area (Å²) in [6.07, 6.45) is 1.21. The highest BCUT2D eigenvalue weighted by Gasteiger charge is 2.13. The maximum atomic E-state index is 6.03. The minimum absolute atomic E-state index is 0.252. The van der Waals surface area contributed by atoms with Crippen LogP contribution in [-0.2, 0) is 0 Å². The Kier molecular flexibility index (Phi) is 4.53. The fourth-order valence-electron chi connectivity index (χ4n) is 0.703. The Balaban J connectivity index is 3.58. The van der Waals surface area contributed by atoms with Gasteiger partial charge in [0.2, 0.25) is 0 Å². The van der Waals surface area contributed by atoms with Crippen LogP contribution in [-0.4, -0.2) is 34.7 Å². The predicted octanol–water partition coefficient (Wildman–Crippen LogP) is 0.677. The molecule has 1 nitrogen and oxygen atoms in total. The SMILES string of the molecule is CCC([SiH3])C(Cl)N(C)C. The molecule has 0 aromatic rings. The molecule has 0 bridgehead atoms. The van der Waals surface area contributed by atoms with Gasteiger partial charge in [0.25, 0.3) is 0 Å². The van der Waals surface area contributed by atoms with Crippen molar-refractivity contribution in [1.29, 1.82) is 0 Å². The van der Waals surface area contributed by atoms with E-state index in [1.165, 1.54) is 16.7 Å². The fourth-order valence-corrected chi connectivity index (χ4v) is 1.48. The molecule has 9 heavy (non-hydrogen) atoms. The van der Waals surface area contributed by atoms with Crippen LogP contribution in [0.4, 0.5) is 0 Å². The van der Waals surface area contributed by atoms with Crippen LogP contribution < -0.4 is 0 Å². The van der Waals surface area contributed by atoms with Crippen LogP contribution in [0.5, 0.6) is 0 Å². The van der Waals surface area contributed by atoms with Crippen LogP contribution in [0.3, 0.4) is 0 Å². The maximum absolute atomic E-state index is 6.03. The minimum atomic E-state index is 0.252. The normalized spacial score (nSPS) is 18.3. The third-order valence-electron chi connectivity index (χ3n) is 1.61. The minimum Gasteiger partial charge on any atom is -0.294 e. The van der Waals surface area contributed by atoms with Crippen LogP contribution in [0.25, 0.3) is 0 Å². The molecule has 0 spiro atoms. The Morgan fingerprint density at radius 3 is 2.11 bits per heavy atom. The summed E-state index contributed by atoms with van der Waals surface area (Å²) in [6.45, 7) is 2.19. The van der Waals surface area contributed by atoms with Crippen molar-refractivity contribution >= 4 is 21.8 Å². The van der Waals surface area contributed by atoms with Crippen LogP contribution in [0.1, 0.15) is 13.3 Å². The zero-order valence-corrected chi connectivity index (χ0v) is 9.44. The lowest BCUT2D eigenvalue weighted by atomic mass is 10.3. The number of alkyl halides is 1. The first-order valence-electron chi connectivity index (χ1n) is 3.40. The molecule has 0 aliphatic heterocycles. The van der Waals surface area contributed by atoms with Crippen molar-refractivity contribution in [2.45, 2.75) is 24.4 Å². The van der Waals surface area contributed by atoms with E-state index in [2.05, 4.69) is 11.8 Å². The molecule has 2 unspecified atom stereocenters. The molecular formula is C6H16ClNSi. The second-order valence-electron chi connectivity index (χ2n) is 2.72. The standard InChI is InChI=1S/C6H16ClNSi/c1-4-5(9)6(7)8(2)3/h5-6H,4H2,1-3,9H3. The average molecular weight is 166 g/mol. The van der Waals surface area contributed by atoms with Gasteiger partial charge in [0, 0.05) is 10.2 Å². The summed E-state index contributed by atoms with van der Waals surface area (Å²) in [7, 11) is 5.25. The van der Waals surface area contributed by atoms with E-state index in [-0.39, 0.29) is 5.50 Å². The molecule has 0 radical (unpaired) electrons. The Labute approximate surface area is 65.8 Å². The molecule has 0 amide bonds. The molecule has 0 fully saturated rings. The predicted molar refractivity (Wildman–Crippen MR) is 47.3 cm³/mol. The van der Waals surface area contributed by atoms with Gasteiger partial charge in [0.05, 0.1) is 5.50 Å². The smallest absolute Gasteiger partial charge is 0.0841 e. The summed E-state index contributed by atoms with van der Waals surface area (Å²) >= 11 is 6.03. The summed E-state index contributed by atoms with van der Waals surface area (Å²) in [5.74, 6) is 0. The molecule has 0 N–H and O–H groups in total. The Bertz CT molecular complexity index is 77.5. The van der Waals surface area contributed by atoms with E-state index >= 15 is 0 Å². The molecule has 0 aromatic carbocycles. The van der Waals surface area contributed by atoms with Crippen LogP contribution >= 0.6 is 11.6 Å². The molecule has 0 aliphatic rings. The summed E-state index contributed by atoms with van der Waals surface area (Å²) in [5, 5.41) is 0. The zero-order chi connectivity index (χ0) is 7.44. The van der Waals surface area contributed by atoms with Gasteiger partial charge in [-0.3, -0.25) is 4.90 Å². The number of hydrogen-bond donors (Lipinski definition) is 0. The van der Waals surface area contributed by atoms with E-state index in [0.717, 1.165) is 5.54 Å². The molecule has 0 aliphatic carbocycles.